The number of carbonyl (C=O) groups excluding carboxylic acids is 1. The summed E-state index contributed by atoms with van der Waals surface area (Å²) in [7, 11) is -3.48. The maximum absolute atomic E-state index is 12.8. The van der Waals surface area contributed by atoms with E-state index in [0.29, 0.717) is 30.8 Å². The minimum absolute atomic E-state index is 0.0139. The van der Waals surface area contributed by atoms with E-state index < -0.39 is 15.4 Å². The lowest BCUT2D eigenvalue weighted by Crippen LogP contribution is -2.50. The molecule has 2 aromatic rings. The fraction of sp³-hybridized carbons (Fsp3) is 0.409. The van der Waals surface area contributed by atoms with Gasteiger partial charge in [-0.3, -0.25) is 4.79 Å². The van der Waals surface area contributed by atoms with Crippen molar-refractivity contribution in [2.24, 2.45) is 0 Å². The van der Waals surface area contributed by atoms with Crippen LogP contribution >= 0.6 is 0 Å². The van der Waals surface area contributed by atoms with E-state index >= 15 is 0 Å². The Morgan fingerprint density at radius 3 is 2.14 bits per heavy atom. The zero-order valence-electron chi connectivity index (χ0n) is 16.7. The van der Waals surface area contributed by atoms with Crippen molar-refractivity contribution in [3.8, 4) is 0 Å². The van der Waals surface area contributed by atoms with Gasteiger partial charge in [0.25, 0.3) is 0 Å². The Kier molecular flexibility index (Phi) is 5.91. The summed E-state index contributed by atoms with van der Waals surface area (Å²) in [6.45, 7) is 6.57. The van der Waals surface area contributed by atoms with Crippen LogP contribution in [0.2, 0.25) is 0 Å². The summed E-state index contributed by atoms with van der Waals surface area (Å²) in [5.41, 5.74) is 1.36. The summed E-state index contributed by atoms with van der Waals surface area (Å²) in [6, 6.07) is 16.6. The highest BCUT2D eigenvalue weighted by Crippen LogP contribution is 2.25. The molecule has 0 saturated carbocycles. The first kappa shape index (κ1) is 20.6. The van der Waals surface area contributed by atoms with Gasteiger partial charge in [-0.25, -0.2) is 8.42 Å². The van der Waals surface area contributed by atoms with Crippen LogP contribution in [0.25, 0.3) is 0 Å². The molecule has 0 aromatic heterocycles. The summed E-state index contributed by atoms with van der Waals surface area (Å²) in [5, 5.41) is 3.12. The molecule has 1 saturated heterocycles. The summed E-state index contributed by atoms with van der Waals surface area (Å²) in [4.78, 5) is 13.1. The molecule has 1 amide bonds. The summed E-state index contributed by atoms with van der Waals surface area (Å²) < 4.78 is 27.1. The highest BCUT2D eigenvalue weighted by molar-refractivity contribution is 7.89. The van der Waals surface area contributed by atoms with Crippen LogP contribution < -0.4 is 5.32 Å². The van der Waals surface area contributed by atoms with E-state index in [-0.39, 0.29) is 11.9 Å². The zero-order chi connectivity index (χ0) is 20.4. The third-order valence-electron chi connectivity index (χ3n) is 5.51. The highest BCUT2D eigenvalue weighted by atomic mass is 32.2. The highest BCUT2D eigenvalue weighted by Gasteiger charge is 2.34. The minimum Gasteiger partial charge on any atom is -0.353 e. The average molecular weight is 401 g/mol. The van der Waals surface area contributed by atoms with E-state index in [2.05, 4.69) is 5.32 Å². The second-order valence-corrected chi connectivity index (χ2v) is 9.89. The topological polar surface area (TPSA) is 66.5 Å². The molecular formula is C22H28N2O3S. The monoisotopic (exact) mass is 400 g/mol. The molecule has 1 aliphatic heterocycles. The Morgan fingerprint density at radius 2 is 1.57 bits per heavy atom. The number of nitrogens with one attached hydrogen (secondary N) is 1. The van der Waals surface area contributed by atoms with Crippen LogP contribution in [0.1, 0.15) is 37.8 Å². The predicted molar refractivity (Wildman–Crippen MR) is 111 cm³/mol. The number of hydrogen-bond donors (Lipinski definition) is 1. The van der Waals surface area contributed by atoms with E-state index in [0.717, 1.165) is 11.1 Å². The molecule has 5 nitrogen and oxygen atoms in total. The van der Waals surface area contributed by atoms with Crippen molar-refractivity contribution >= 4 is 15.9 Å². The van der Waals surface area contributed by atoms with Gasteiger partial charge in [0.2, 0.25) is 15.9 Å². The molecule has 6 heteroatoms. The second kappa shape index (κ2) is 8.05. The maximum atomic E-state index is 12.8. The number of piperidine rings is 1. The van der Waals surface area contributed by atoms with Crippen molar-refractivity contribution in [1.82, 2.24) is 9.62 Å². The number of nitrogens with zero attached hydrogens (tertiary/aromatic N) is 1. The average Bonchev–Trinajstić information content (AvgIpc) is 2.69. The van der Waals surface area contributed by atoms with Crippen molar-refractivity contribution in [2.75, 3.05) is 13.1 Å². The van der Waals surface area contributed by atoms with Crippen molar-refractivity contribution in [3.05, 3.63) is 65.7 Å². The molecule has 0 radical (unpaired) electrons. The number of benzene rings is 2. The SMILES string of the molecule is Cc1ccc(S(=O)(=O)N2CCC(NC(=O)C(C)(C)c3ccccc3)CC2)cc1. The minimum atomic E-state index is -3.48. The first-order valence-corrected chi connectivity index (χ1v) is 11.1. The van der Waals surface area contributed by atoms with Crippen LogP contribution in [0.4, 0.5) is 0 Å². The number of amides is 1. The van der Waals surface area contributed by atoms with Crippen LogP contribution in [-0.2, 0) is 20.2 Å². The number of hydrogen-bond acceptors (Lipinski definition) is 3. The van der Waals surface area contributed by atoms with E-state index in [1.807, 2.05) is 63.2 Å². The van der Waals surface area contributed by atoms with Gasteiger partial charge < -0.3 is 5.32 Å². The predicted octanol–water partition coefficient (Wildman–Crippen LogP) is 3.24. The molecule has 1 N–H and O–H groups in total. The second-order valence-electron chi connectivity index (χ2n) is 7.96. The smallest absolute Gasteiger partial charge is 0.243 e. The molecule has 1 heterocycles. The lowest BCUT2D eigenvalue weighted by atomic mass is 9.83. The number of rotatable bonds is 5. The molecule has 2 aromatic carbocycles. The Balaban J connectivity index is 1.61. The Labute approximate surface area is 167 Å². The van der Waals surface area contributed by atoms with Crippen molar-refractivity contribution < 1.29 is 13.2 Å². The Hall–Kier alpha value is -2.18. The molecule has 150 valence electrons. The van der Waals surface area contributed by atoms with Gasteiger partial charge in [-0.1, -0.05) is 48.0 Å². The molecule has 1 aliphatic rings. The third-order valence-corrected chi connectivity index (χ3v) is 7.42. The van der Waals surface area contributed by atoms with Crippen LogP contribution in [-0.4, -0.2) is 37.8 Å². The van der Waals surface area contributed by atoms with Gasteiger partial charge in [0, 0.05) is 19.1 Å². The van der Waals surface area contributed by atoms with Gasteiger partial charge in [0.15, 0.2) is 0 Å². The largest absolute Gasteiger partial charge is 0.353 e. The van der Waals surface area contributed by atoms with Crippen molar-refractivity contribution in [1.29, 1.82) is 0 Å². The molecule has 0 unspecified atom stereocenters. The molecule has 28 heavy (non-hydrogen) atoms. The fourth-order valence-corrected chi connectivity index (χ4v) is 4.92. The first-order chi connectivity index (χ1) is 13.2. The molecule has 0 spiro atoms. The van der Waals surface area contributed by atoms with Gasteiger partial charge >= 0.3 is 0 Å². The lowest BCUT2D eigenvalue weighted by molar-refractivity contribution is -0.126. The Morgan fingerprint density at radius 1 is 1.00 bits per heavy atom. The number of sulfonamides is 1. The van der Waals surface area contributed by atoms with Crippen molar-refractivity contribution in [2.45, 2.75) is 50.0 Å². The summed E-state index contributed by atoms with van der Waals surface area (Å²) in [5.74, 6) is -0.0291. The quantitative estimate of drug-likeness (QED) is 0.838. The number of aryl methyl sites for hydroxylation is 1. The summed E-state index contributed by atoms with van der Waals surface area (Å²) in [6.07, 6.45) is 1.23. The van der Waals surface area contributed by atoms with Gasteiger partial charge in [-0.15, -0.1) is 0 Å². The Bertz CT molecular complexity index is 914. The molecule has 0 aliphatic carbocycles. The third kappa shape index (κ3) is 4.28. The molecule has 1 fully saturated rings. The molecule has 0 bridgehead atoms. The van der Waals surface area contributed by atoms with E-state index in [9.17, 15) is 13.2 Å². The molecule has 0 atom stereocenters. The van der Waals surface area contributed by atoms with E-state index in [1.54, 1.807) is 12.1 Å². The van der Waals surface area contributed by atoms with E-state index in [4.69, 9.17) is 0 Å². The van der Waals surface area contributed by atoms with Crippen LogP contribution in [0, 0.1) is 6.92 Å². The van der Waals surface area contributed by atoms with Gasteiger partial charge in [-0.05, 0) is 51.3 Å². The zero-order valence-corrected chi connectivity index (χ0v) is 17.5. The standard InChI is InChI=1S/C22H28N2O3S/c1-17-9-11-20(12-10-17)28(26,27)24-15-13-19(14-16-24)23-21(25)22(2,3)18-7-5-4-6-8-18/h4-12,19H,13-16H2,1-3H3,(H,23,25). The van der Waals surface area contributed by atoms with E-state index in [1.165, 1.54) is 4.31 Å². The molecular weight excluding hydrogens is 372 g/mol. The maximum Gasteiger partial charge on any atom is 0.243 e. The lowest BCUT2D eigenvalue weighted by Gasteiger charge is -2.34. The van der Waals surface area contributed by atoms with Crippen LogP contribution in [0.3, 0.4) is 0 Å². The summed E-state index contributed by atoms with van der Waals surface area (Å²) >= 11 is 0. The number of carbonyl (C=O) groups is 1. The van der Waals surface area contributed by atoms with Crippen LogP contribution in [0.5, 0.6) is 0 Å². The van der Waals surface area contributed by atoms with Crippen LogP contribution in [0.15, 0.2) is 59.5 Å². The van der Waals surface area contributed by atoms with Gasteiger partial charge in [-0.2, -0.15) is 4.31 Å². The van der Waals surface area contributed by atoms with Crippen molar-refractivity contribution in [3.63, 3.8) is 0 Å². The molecule has 3 rings (SSSR count). The fourth-order valence-electron chi connectivity index (χ4n) is 3.45. The van der Waals surface area contributed by atoms with Gasteiger partial charge in [0.1, 0.15) is 0 Å². The first-order valence-electron chi connectivity index (χ1n) is 9.64. The normalized spacial score (nSPS) is 16.7. The van der Waals surface area contributed by atoms with Gasteiger partial charge in [0.05, 0.1) is 10.3 Å².